The van der Waals surface area contributed by atoms with Crippen LogP contribution in [-0.2, 0) is 20.8 Å². The van der Waals surface area contributed by atoms with Gasteiger partial charge in [-0.15, -0.1) is 0 Å². The lowest BCUT2D eigenvalue weighted by Gasteiger charge is -2.30. The number of carbonyl (C=O) groups is 3. The zero-order valence-electron chi connectivity index (χ0n) is 18.3. The largest absolute Gasteiger partial charge is 0.480 e. The Morgan fingerprint density at radius 1 is 0.824 bits per heavy atom. The maximum absolute atomic E-state index is 12.8. The number of benzene rings is 3. The fourth-order valence-electron chi connectivity index (χ4n) is 5.14. The van der Waals surface area contributed by atoms with Crippen molar-refractivity contribution in [3.8, 4) is 0 Å². The number of hydrogen-bond donors (Lipinski definition) is 3. The number of fused-ring (bicyclic) bond motifs is 1. The number of nitrogens with one attached hydrogen (secondary N) is 2. The van der Waals surface area contributed by atoms with Crippen LogP contribution in [0.2, 0.25) is 0 Å². The first-order valence-corrected chi connectivity index (χ1v) is 11.2. The Morgan fingerprint density at radius 2 is 1.41 bits per heavy atom. The second-order valence-electron chi connectivity index (χ2n) is 8.83. The lowest BCUT2D eigenvalue weighted by Crippen LogP contribution is -2.57. The molecule has 0 bridgehead atoms. The number of aliphatic carboxylic acids is 1. The van der Waals surface area contributed by atoms with Crippen LogP contribution in [0.4, 0.5) is 0 Å². The normalized spacial score (nSPS) is 25.9. The highest BCUT2D eigenvalue weighted by Gasteiger charge is 2.66. The van der Waals surface area contributed by atoms with E-state index in [1.165, 1.54) is 0 Å². The zero-order valence-corrected chi connectivity index (χ0v) is 18.3. The summed E-state index contributed by atoms with van der Waals surface area (Å²) in [4.78, 5) is 38.2. The molecule has 2 saturated heterocycles. The number of carboxylic acid groups (broad SMARTS) is 1. The van der Waals surface area contributed by atoms with Gasteiger partial charge in [-0.2, -0.15) is 0 Å². The van der Waals surface area contributed by atoms with Gasteiger partial charge in [0.25, 0.3) is 0 Å². The van der Waals surface area contributed by atoms with E-state index >= 15 is 0 Å². The monoisotopic (exact) mass is 452 g/mol. The van der Waals surface area contributed by atoms with Gasteiger partial charge in [-0.3, -0.25) is 25.0 Å². The molecule has 6 nitrogen and oxygen atoms in total. The minimum atomic E-state index is -1.58. The van der Waals surface area contributed by atoms with Gasteiger partial charge in [0.2, 0.25) is 11.8 Å². The average Bonchev–Trinajstić information content (AvgIpc) is 3.36. The molecule has 170 valence electrons. The van der Waals surface area contributed by atoms with Crippen molar-refractivity contribution >= 4 is 29.9 Å². The molecule has 4 unspecified atom stereocenters. The van der Waals surface area contributed by atoms with Crippen LogP contribution in [0.15, 0.2) is 84.9 Å². The Hall–Kier alpha value is -4.03. The highest BCUT2D eigenvalue weighted by Crippen LogP contribution is 2.47. The van der Waals surface area contributed by atoms with Gasteiger partial charge in [0.05, 0.1) is 11.8 Å². The van der Waals surface area contributed by atoms with E-state index in [0.717, 1.165) is 22.3 Å². The standard InChI is InChI=1S/C28H24N2O4/c31-25-22-23(26(32)29-25)28(27(33)34,17-20-9-5-2-6-10-20)30-24(22)21-15-13-19(14-16-21)12-11-18-7-3-1-4-8-18/h1-16,22-24,30H,17H2,(H,33,34)(H,29,31,32). The summed E-state index contributed by atoms with van der Waals surface area (Å²) >= 11 is 0. The third kappa shape index (κ3) is 3.82. The van der Waals surface area contributed by atoms with Crippen molar-refractivity contribution in [2.75, 3.05) is 0 Å². The zero-order chi connectivity index (χ0) is 23.7. The van der Waals surface area contributed by atoms with Gasteiger partial charge in [0, 0.05) is 12.5 Å². The maximum atomic E-state index is 12.8. The molecule has 3 N–H and O–H groups in total. The van der Waals surface area contributed by atoms with Crippen molar-refractivity contribution in [2.24, 2.45) is 11.8 Å². The van der Waals surface area contributed by atoms with E-state index in [9.17, 15) is 19.5 Å². The van der Waals surface area contributed by atoms with Gasteiger partial charge in [-0.1, -0.05) is 97.1 Å². The van der Waals surface area contributed by atoms with Crippen molar-refractivity contribution < 1.29 is 19.5 Å². The molecule has 6 heteroatoms. The minimum Gasteiger partial charge on any atom is -0.480 e. The number of carbonyl (C=O) groups excluding carboxylic acids is 2. The second-order valence-corrected chi connectivity index (χ2v) is 8.83. The fraction of sp³-hybridized carbons (Fsp3) is 0.179. The molecule has 0 aromatic heterocycles. The molecule has 0 radical (unpaired) electrons. The average molecular weight is 453 g/mol. The molecule has 0 aliphatic carbocycles. The second kappa shape index (κ2) is 8.72. The molecule has 2 aliphatic heterocycles. The summed E-state index contributed by atoms with van der Waals surface area (Å²) in [6, 6.07) is 26.2. The Labute approximate surface area is 197 Å². The predicted molar refractivity (Wildman–Crippen MR) is 128 cm³/mol. The van der Waals surface area contributed by atoms with Gasteiger partial charge in [-0.05, 0) is 22.3 Å². The van der Waals surface area contributed by atoms with Crippen molar-refractivity contribution in [1.29, 1.82) is 0 Å². The topological polar surface area (TPSA) is 95.5 Å². The van der Waals surface area contributed by atoms with Gasteiger partial charge < -0.3 is 5.11 Å². The number of imide groups is 1. The molecule has 2 aliphatic rings. The summed E-state index contributed by atoms with van der Waals surface area (Å²) in [5.74, 6) is -3.90. The number of hydrogen-bond acceptors (Lipinski definition) is 4. The molecule has 34 heavy (non-hydrogen) atoms. The van der Waals surface area contributed by atoms with Crippen LogP contribution < -0.4 is 10.6 Å². The first kappa shape index (κ1) is 21.8. The molecule has 3 aromatic carbocycles. The third-order valence-electron chi connectivity index (χ3n) is 6.76. The Bertz CT molecular complexity index is 1250. The lowest BCUT2D eigenvalue weighted by molar-refractivity contribution is -0.149. The fourth-order valence-corrected chi connectivity index (χ4v) is 5.14. The highest BCUT2D eigenvalue weighted by atomic mass is 16.4. The number of rotatable bonds is 6. The summed E-state index contributed by atoms with van der Waals surface area (Å²) in [6.07, 6.45) is 4.10. The highest BCUT2D eigenvalue weighted by molar-refractivity contribution is 6.09. The van der Waals surface area contributed by atoms with Gasteiger partial charge in [-0.25, -0.2) is 0 Å². The summed E-state index contributed by atoms with van der Waals surface area (Å²) < 4.78 is 0. The summed E-state index contributed by atoms with van der Waals surface area (Å²) in [6.45, 7) is 0. The molecule has 2 fully saturated rings. The summed E-state index contributed by atoms with van der Waals surface area (Å²) in [5.41, 5.74) is 2.03. The maximum Gasteiger partial charge on any atom is 0.325 e. The minimum absolute atomic E-state index is 0.0967. The molecule has 3 aromatic rings. The van der Waals surface area contributed by atoms with E-state index in [1.807, 2.05) is 97.1 Å². The van der Waals surface area contributed by atoms with Crippen molar-refractivity contribution in [3.63, 3.8) is 0 Å². The molecule has 5 rings (SSSR count). The van der Waals surface area contributed by atoms with E-state index in [-0.39, 0.29) is 6.42 Å². The molecule has 0 saturated carbocycles. The summed E-state index contributed by atoms with van der Waals surface area (Å²) in [5, 5.41) is 15.9. The number of amides is 2. The van der Waals surface area contributed by atoms with Gasteiger partial charge in [0.15, 0.2) is 0 Å². The Kier molecular flexibility index (Phi) is 5.59. The van der Waals surface area contributed by atoms with Crippen molar-refractivity contribution in [1.82, 2.24) is 10.6 Å². The van der Waals surface area contributed by atoms with Crippen LogP contribution in [0.1, 0.15) is 28.3 Å². The summed E-state index contributed by atoms with van der Waals surface area (Å²) in [7, 11) is 0. The van der Waals surface area contributed by atoms with Crippen LogP contribution >= 0.6 is 0 Å². The van der Waals surface area contributed by atoms with Crippen molar-refractivity contribution in [3.05, 3.63) is 107 Å². The first-order valence-electron chi connectivity index (χ1n) is 11.2. The molecule has 0 spiro atoms. The third-order valence-corrected chi connectivity index (χ3v) is 6.76. The van der Waals surface area contributed by atoms with Crippen LogP contribution in [0.25, 0.3) is 12.2 Å². The van der Waals surface area contributed by atoms with Gasteiger partial charge in [0.1, 0.15) is 5.54 Å². The Balaban J connectivity index is 1.47. The van der Waals surface area contributed by atoms with Crippen LogP contribution in [0, 0.1) is 11.8 Å². The van der Waals surface area contributed by atoms with Crippen LogP contribution in [-0.4, -0.2) is 28.4 Å². The van der Waals surface area contributed by atoms with Crippen molar-refractivity contribution in [2.45, 2.75) is 18.0 Å². The van der Waals surface area contributed by atoms with E-state index in [1.54, 1.807) is 0 Å². The Morgan fingerprint density at radius 3 is 2.03 bits per heavy atom. The van der Waals surface area contributed by atoms with Crippen LogP contribution in [0.5, 0.6) is 0 Å². The molecule has 2 amide bonds. The lowest BCUT2D eigenvalue weighted by atomic mass is 9.76. The molecule has 2 heterocycles. The number of carboxylic acids is 1. The van der Waals surface area contributed by atoms with E-state index in [0.29, 0.717) is 0 Å². The SMILES string of the molecule is O=C1NC(=O)C2C1C(c1ccc(C=Cc3ccccc3)cc1)NC2(Cc1ccccc1)C(=O)O. The van der Waals surface area contributed by atoms with Gasteiger partial charge >= 0.3 is 5.97 Å². The molecular weight excluding hydrogens is 428 g/mol. The molecular formula is C28H24N2O4. The van der Waals surface area contributed by atoms with E-state index < -0.39 is 41.2 Å². The smallest absolute Gasteiger partial charge is 0.325 e. The first-order chi connectivity index (χ1) is 16.5. The van der Waals surface area contributed by atoms with E-state index in [2.05, 4.69) is 10.6 Å². The molecule has 4 atom stereocenters. The van der Waals surface area contributed by atoms with E-state index in [4.69, 9.17) is 0 Å². The quantitative estimate of drug-likeness (QED) is 0.393. The predicted octanol–water partition coefficient (Wildman–Crippen LogP) is 3.46. The van der Waals surface area contributed by atoms with Crippen LogP contribution in [0.3, 0.4) is 0 Å².